The molecule has 0 radical (unpaired) electrons. The van der Waals surface area contributed by atoms with Crippen molar-refractivity contribution in [3.05, 3.63) is 48.5 Å². The zero-order valence-electron chi connectivity index (χ0n) is 12.8. The summed E-state index contributed by atoms with van der Waals surface area (Å²) in [7, 11) is 0. The molecule has 1 heterocycles. The van der Waals surface area contributed by atoms with Gasteiger partial charge in [0.05, 0.1) is 12.9 Å². The molecule has 0 spiro atoms. The van der Waals surface area contributed by atoms with Gasteiger partial charge in [-0.3, -0.25) is 0 Å². The molecule has 0 saturated heterocycles. The van der Waals surface area contributed by atoms with Crippen LogP contribution in [0.4, 0.5) is 10.5 Å². The van der Waals surface area contributed by atoms with Crippen LogP contribution in [0.5, 0.6) is 0 Å². The summed E-state index contributed by atoms with van der Waals surface area (Å²) in [5.41, 5.74) is 1.75. The topological polar surface area (TPSA) is 68.2 Å². The molecule has 22 heavy (non-hydrogen) atoms. The fourth-order valence-electron chi connectivity index (χ4n) is 2.03. The van der Waals surface area contributed by atoms with E-state index in [1.807, 2.05) is 42.0 Å². The van der Waals surface area contributed by atoms with Crippen LogP contribution in [0.1, 0.15) is 18.9 Å². The maximum atomic E-state index is 11.9. The molecule has 0 aliphatic heterocycles. The predicted octanol–water partition coefficient (Wildman–Crippen LogP) is 2.63. The molecule has 0 unspecified atom stereocenters. The molecule has 0 bridgehead atoms. The number of hydrogen-bond acceptors (Lipinski definition) is 3. The van der Waals surface area contributed by atoms with Crippen LogP contribution in [0, 0.1) is 0 Å². The SMILES string of the molecule is CCOCc1ccccc1NC(=O)NCCCn1ccnc1. The van der Waals surface area contributed by atoms with Crippen molar-refractivity contribution in [2.24, 2.45) is 0 Å². The Labute approximate surface area is 130 Å². The zero-order chi connectivity index (χ0) is 15.6. The maximum Gasteiger partial charge on any atom is 0.319 e. The van der Waals surface area contributed by atoms with Gasteiger partial charge in [-0.1, -0.05) is 18.2 Å². The molecular weight excluding hydrogens is 280 g/mol. The van der Waals surface area contributed by atoms with Gasteiger partial charge in [0.25, 0.3) is 0 Å². The minimum Gasteiger partial charge on any atom is -0.377 e. The molecule has 0 aliphatic rings. The third kappa shape index (κ3) is 5.21. The van der Waals surface area contributed by atoms with E-state index >= 15 is 0 Å². The van der Waals surface area contributed by atoms with Crippen LogP contribution in [-0.4, -0.2) is 28.7 Å². The summed E-state index contributed by atoms with van der Waals surface area (Å²) in [6.07, 6.45) is 6.27. The highest BCUT2D eigenvalue weighted by Crippen LogP contribution is 2.15. The standard InChI is InChI=1S/C16H22N4O2/c1-2-22-12-14-6-3-4-7-15(14)19-16(21)18-8-5-10-20-11-9-17-13-20/h3-4,6-7,9,11,13H,2,5,8,10,12H2,1H3,(H2,18,19,21). The Morgan fingerprint density at radius 3 is 3.00 bits per heavy atom. The number of rotatable bonds is 8. The highest BCUT2D eigenvalue weighted by Gasteiger charge is 2.05. The smallest absolute Gasteiger partial charge is 0.319 e. The number of benzene rings is 1. The number of imidazole rings is 1. The van der Waals surface area contributed by atoms with Gasteiger partial charge in [-0.05, 0) is 19.4 Å². The molecule has 0 aliphatic carbocycles. The second-order valence-electron chi connectivity index (χ2n) is 4.83. The fraction of sp³-hybridized carbons (Fsp3) is 0.375. The van der Waals surface area contributed by atoms with Crippen molar-refractivity contribution in [3.8, 4) is 0 Å². The number of aromatic nitrogens is 2. The molecule has 2 N–H and O–H groups in total. The monoisotopic (exact) mass is 302 g/mol. The Balaban J connectivity index is 1.74. The van der Waals surface area contributed by atoms with Gasteiger partial charge in [0.15, 0.2) is 0 Å². The molecule has 0 fully saturated rings. The molecule has 2 rings (SSSR count). The minimum atomic E-state index is -0.199. The molecule has 0 saturated carbocycles. The number of hydrogen-bond donors (Lipinski definition) is 2. The lowest BCUT2D eigenvalue weighted by atomic mass is 10.2. The molecule has 1 aromatic heterocycles. The third-order valence-electron chi connectivity index (χ3n) is 3.17. The van der Waals surface area contributed by atoms with E-state index in [4.69, 9.17) is 4.74 Å². The van der Waals surface area contributed by atoms with Gasteiger partial charge in [0, 0.05) is 43.3 Å². The van der Waals surface area contributed by atoms with Gasteiger partial charge in [0.2, 0.25) is 0 Å². The molecule has 6 nitrogen and oxygen atoms in total. The Morgan fingerprint density at radius 1 is 1.36 bits per heavy atom. The van der Waals surface area contributed by atoms with Crippen molar-refractivity contribution in [1.29, 1.82) is 0 Å². The average molecular weight is 302 g/mol. The van der Waals surface area contributed by atoms with Crippen LogP contribution in [0.2, 0.25) is 0 Å². The number of nitrogens with one attached hydrogen (secondary N) is 2. The van der Waals surface area contributed by atoms with Crippen LogP contribution in [0.3, 0.4) is 0 Å². The molecule has 2 amide bonds. The van der Waals surface area contributed by atoms with Crippen LogP contribution < -0.4 is 10.6 Å². The Morgan fingerprint density at radius 2 is 2.23 bits per heavy atom. The fourth-order valence-corrected chi connectivity index (χ4v) is 2.03. The molecule has 1 aromatic carbocycles. The number of urea groups is 1. The zero-order valence-corrected chi connectivity index (χ0v) is 12.8. The predicted molar refractivity (Wildman–Crippen MR) is 85.6 cm³/mol. The van der Waals surface area contributed by atoms with E-state index in [0.717, 1.165) is 24.2 Å². The van der Waals surface area contributed by atoms with Crippen LogP contribution in [0.15, 0.2) is 43.0 Å². The lowest BCUT2D eigenvalue weighted by Gasteiger charge is -2.12. The average Bonchev–Trinajstić information content (AvgIpc) is 3.04. The first-order valence-corrected chi connectivity index (χ1v) is 7.46. The van der Waals surface area contributed by atoms with Gasteiger partial charge >= 0.3 is 6.03 Å². The first-order chi connectivity index (χ1) is 10.8. The minimum absolute atomic E-state index is 0.199. The largest absolute Gasteiger partial charge is 0.377 e. The summed E-state index contributed by atoms with van der Waals surface area (Å²) < 4.78 is 7.38. The number of aryl methyl sites for hydroxylation is 1. The first-order valence-electron chi connectivity index (χ1n) is 7.46. The molecule has 0 atom stereocenters. The first kappa shape index (κ1) is 16.0. The summed E-state index contributed by atoms with van der Waals surface area (Å²) >= 11 is 0. The van der Waals surface area contributed by atoms with Gasteiger partial charge in [-0.25, -0.2) is 9.78 Å². The Hall–Kier alpha value is -2.34. The van der Waals surface area contributed by atoms with E-state index in [2.05, 4.69) is 15.6 Å². The van der Waals surface area contributed by atoms with E-state index < -0.39 is 0 Å². The second kappa shape index (κ2) is 8.84. The number of ether oxygens (including phenoxy) is 1. The number of nitrogens with zero attached hydrogens (tertiary/aromatic N) is 2. The van der Waals surface area contributed by atoms with Crippen LogP contribution in [-0.2, 0) is 17.9 Å². The highest BCUT2D eigenvalue weighted by molar-refractivity contribution is 5.90. The van der Waals surface area contributed by atoms with Gasteiger partial charge in [-0.15, -0.1) is 0 Å². The summed E-state index contributed by atoms with van der Waals surface area (Å²) in [6.45, 7) is 4.53. The van der Waals surface area contributed by atoms with Crippen molar-refractivity contribution in [1.82, 2.24) is 14.9 Å². The summed E-state index contributed by atoms with van der Waals surface area (Å²) in [5.74, 6) is 0. The lowest BCUT2D eigenvalue weighted by molar-refractivity contribution is 0.134. The van der Waals surface area contributed by atoms with Gasteiger partial charge < -0.3 is 19.9 Å². The number of amides is 2. The highest BCUT2D eigenvalue weighted by atomic mass is 16.5. The third-order valence-corrected chi connectivity index (χ3v) is 3.17. The normalized spacial score (nSPS) is 10.4. The molecule has 6 heteroatoms. The number of carbonyl (C=O) groups excluding carboxylic acids is 1. The van der Waals surface area contributed by atoms with Crippen LogP contribution >= 0.6 is 0 Å². The van der Waals surface area contributed by atoms with E-state index in [-0.39, 0.29) is 6.03 Å². The number of para-hydroxylation sites is 1. The maximum absolute atomic E-state index is 11.9. The van der Waals surface area contributed by atoms with E-state index in [1.54, 1.807) is 12.5 Å². The van der Waals surface area contributed by atoms with Crippen molar-refractivity contribution >= 4 is 11.7 Å². The number of anilines is 1. The van der Waals surface area contributed by atoms with E-state index in [1.165, 1.54) is 0 Å². The summed E-state index contributed by atoms with van der Waals surface area (Å²) in [4.78, 5) is 15.9. The van der Waals surface area contributed by atoms with Crippen molar-refractivity contribution in [3.63, 3.8) is 0 Å². The Bertz CT molecular complexity index is 569. The van der Waals surface area contributed by atoms with Crippen molar-refractivity contribution < 1.29 is 9.53 Å². The summed E-state index contributed by atoms with van der Waals surface area (Å²) in [6, 6.07) is 7.45. The molecule has 118 valence electrons. The summed E-state index contributed by atoms with van der Waals surface area (Å²) in [5, 5.41) is 5.72. The molecule has 2 aromatic rings. The van der Waals surface area contributed by atoms with Crippen LogP contribution in [0.25, 0.3) is 0 Å². The van der Waals surface area contributed by atoms with Crippen molar-refractivity contribution in [2.45, 2.75) is 26.5 Å². The quantitative estimate of drug-likeness (QED) is 0.737. The van der Waals surface area contributed by atoms with E-state index in [9.17, 15) is 4.79 Å². The van der Waals surface area contributed by atoms with Crippen molar-refractivity contribution in [2.75, 3.05) is 18.5 Å². The molecular formula is C16H22N4O2. The second-order valence-corrected chi connectivity index (χ2v) is 4.83. The number of carbonyl (C=O) groups is 1. The van der Waals surface area contributed by atoms with E-state index in [0.29, 0.717) is 19.8 Å². The van der Waals surface area contributed by atoms with Gasteiger partial charge in [-0.2, -0.15) is 0 Å². The Kier molecular flexibility index (Phi) is 6.44. The van der Waals surface area contributed by atoms with Gasteiger partial charge in [0.1, 0.15) is 0 Å². The lowest BCUT2D eigenvalue weighted by Crippen LogP contribution is -2.30.